The summed E-state index contributed by atoms with van der Waals surface area (Å²) in [5.74, 6) is 0. The summed E-state index contributed by atoms with van der Waals surface area (Å²) in [7, 11) is 0. The molecule has 0 saturated heterocycles. The van der Waals surface area contributed by atoms with Gasteiger partial charge in [0.05, 0.1) is 0 Å². The van der Waals surface area contributed by atoms with E-state index >= 15 is 0 Å². The average molecular weight is 248 g/mol. The maximum atomic E-state index is 5.33. The Bertz CT molecular complexity index is 268. The van der Waals surface area contributed by atoms with Gasteiger partial charge < -0.3 is 4.74 Å². The molecule has 18 heavy (non-hydrogen) atoms. The van der Waals surface area contributed by atoms with Crippen molar-refractivity contribution in [3.05, 3.63) is 35.9 Å². The van der Waals surface area contributed by atoms with Gasteiger partial charge in [0.15, 0.2) is 0 Å². The van der Waals surface area contributed by atoms with Crippen molar-refractivity contribution in [2.75, 3.05) is 13.2 Å². The largest absolute Gasteiger partial charge is 0.382 e. The lowest BCUT2D eigenvalue weighted by molar-refractivity contribution is 0.143. The highest BCUT2D eigenvalue weighted by atomic mass is 16.5. The topological polar surface area (TPSA) is 9.23 Å². The fourth-order valence-corrected chi connectivity index (χ4v) is 2.21. The van der Waals surface area contributed by atoms with Crippen LogP contribution in [0.4, 0.5) is 0 Å². The third-order valence-electron chi connectivity index (χ3n) is 3.30. The molecular weight excluding hydrogens is 220 g/mol. The fourth-order valence-electron chi connectivity index (χ4n) is 2.21. The Balaban J connectivity index is 1.82. The molecule has 1 aromatic carbocycles. The Morgan fingerprint density at radius 3 is 2.06 bits per heavy atom. The van der Waals surface area contributed by atoms with Crippen molar-refractivity contribution in [1.29, 1.82) is 0 Å². The predicted molar refractivity (Wildman–Crippen MR) is 79.0 cm³/mol. The minimum absolute atomic E-state index is 0.861. The van der Waals surface area contributed by atoms with E-state index in [0.29, 0.717) is 0 Å². The van der Waals surface area contributed by atoms with Crippen molar-refractivity contribution >= 4 is 0 Å². The Hall–Kier alpha value is -0.820. The van der Waals surface area contributed by atoms with Crippen molar-refractivity contribution < 1.29 is 4.74 Å². The molecule has 0 N–H and O–H groups in total. The molecule has 0 aliphatic heterocycles. The molecule has 0 aliphatic carbocycles. The van der Waals surface area contributed by atoms with Gasteiger partial charge in [0.25, 0.3) is 0 Å². The number of ether oxygens (including phenoxy) is 1. The van der Waals surface area contributed by atoms with E-state index in [0.717, 1.165) is 13.2 Å². The molecule has 1 rings (SSSR count). The number of hydrogen-bond acceptors (Lipinski definition) is 1. The molecule has 0 saturated carbocycles. The van der Waals surface area contributed by atoms with Crippen molar-refractivity contribution in [1.82, 2.24) is 0 Å². The van der Waals surface area contributed by atoms with Gasteiger partial charge in [0.1, 0.15) is 0 Å². The zero-order chi connectivity index (χ0) is 12.9. The zero-order valence-corrected chi connectivity index (χ0v) is 11.9. The van der Waals surface area contributed by atoms with Crippen LogP contribution in [0, 0.1) is 0 Å². The molecule has 0 atom stereocenters. The standard InChI is InChI=1S/C17H28O/c1-2-18-16-12-7-5-3-4-6-9-13-17-14-10-8-11-15-17/h8,10-11,14-15H,2-7,9,12-13,16H2,1H3. The Morgan fingerprint density at radius 2 is 1.39 bits per heavy atom. The summed E-state index contributed by atoms with van der Waals surface area (Å²) >= 11 is 0. The SMILES string of the molecule is CCOCCCCCCCCCc1ccccc1. The number of hydrogen-bond donors (Lipinski definition) is 0. The number of aryl methyl sites for hydroxylation is 1. The highest BCUT2D eigenvalue weighted by molar-refractivity contribution is 5.14. The zero-order valence-electron chi connectivity index (χ0n) is 11.9. The summed E-state index contributed by atoms with van der Waals surface area (Å²) in [4.78, 5) is 0. The summed E-state index contributed by atoms with van der Waals surface area (Å²) in [5, 5.41) is 0. The van der Waals surface area contributed by atoms with Crippen LogP contribution in [-0.4, -0.2) is 13.2 Å². The number of benzene rings is 1. The Morgan fingerprint density at radius 1 is 0.778 bits per heavy atom. The van der Waals surface area contributed by atoms with Crippen LogP contribution in [0.15, 0.2) is 30.3 Å². The van der Waals surface area contributed by atoms with E-state index in [1.807, 2.05) is 0 Å². The summed E-state index contributed by atoms with van der Waals surface area (Å²) in [6.45, 7) is 3.87. The van der Waals surface area contributed by atoms with Crippen LogP contribution in [0.25, 0.3) is 0 Å². The third kappa shape index (κ3) is 8.30. The molecule has 1 aromatic rings. The van der Waals surface area contributed by atoms with Crippen molar-refractivity contribution in [2.45, 2.75) is 58.3 Å². The van der Waals surface area contributed by atoms with Crippen LogP contribution in [0.3, 0.4) is 0 Å². The molecule has 1 heteroatoms. The maximum absolute atomic E-state index is 5.33. The van der Waals surface area contributed by atoms with Gasteiger partial charge in [0, 0.05) is 13.2 Å². The molecule has 0 bridgehead atoms. The van der Waals surface area contributed by atoms with E-state index < -0.39 is 0 Å². The molecule has 0 amide bonds. The van der Waals surface area contributed by atoms with Gasteiger partial charge in [-0.3, -0.25) is 0 Å². The van der Waals surface area contributed by atoms with Crippen LogP contribution < -0.4 is 0 Å². The van der Waals surface area contributed by atoms with Crippen molar-refractivity contribution in [3.8, 4) is 0 Å². The first-order chi connectivity index (χ1) is 8.93. The predicted octanol–water partition coefficient (Wildman–Crippen LogP) is 5.00. The van der Waals surface area contributed by atoms with Gasteiger partial charge in [0.2, 0.25) is 0 Å². The monoisotopic (exact) mass is 248 g/mol. The summed E-state index contributed by atoms with van der Waals surface area (Å²) in [5.41, 5.74) is 1.48. The van der Waals surface area contributed by atoms with Gasteiger partial charge in [-0.1, -0.05) is 62.4 Å². The minimum Gasteiger partial charge on any atom is -0.382 e. The molecular formula is C17H28O. The smallest absolute Gasteiger partial charge is 0.0465 e. The lowest BCUT2D eigenvalue weighted by Gasteiger charge is -2.03. The second kappa shape index (κ2) is 11.3. The van der Waals surface area contributed by atoms with Crippen LogP contribution in [0.2, 0.25) is 0 Å². The van der Waals surface area contributed by atoms with Gasteiger partial charge >= 0.3 is 0 Å². The lowest BCUT2D eigenvalue weighted by atomic mass is 10.0. The van der Waals surface area contributed by atoms with Gasteiger partial charge in [-0.15, -0.1) is 0 Å². The summed E-state index contributed by atoms with van der Waals surface area (Å²) < 4.78 is 5.33. The highest BCUT2D eigenvalue weighted by Crippen LogP contribution is 2.10. The van der Waals surface area contributed by atoms with Crippen LogP contribution in [0.5, 0.6) is 0 Å². The van der Waals surface area contributed by atoms with E-state index in [-0.39, 0.29) is 0 Å². The normalized spacial score (nSPS) is 10.7. The first kappa shape index (κ1) is 15.2. The number of unbranched alkanes of at least 4 members (excludes halogenated alkanes) is 6. The maximum Gasteiger partial charge on any atom is 0.0465 e. The molecule has 102 valence electrons. The van der Waals surface area contributed by atoms with Crippen LogP contribution in [-0.2, 0) is 11.2 Å². The molecule has 0 heterocycles. The fraction of sp³-hybridized carbons (Fsp3) is 0.647. The first-order valence-electron chi connectivity index (χ1n) is 7.55. The second-order valence-electron chi connectivity index (χ2n) is 4.91. The van der Waals surface area contributed by atoms with E-state index in [4.69, 9.17) is 4.74 Å². The lowest BCUT2D eigenvalue weighted by Crippen LogP contribution is -1.93. The second-order valence-corrected chi connectivity index (χ2v) is 4.91. The molecule has 0 aromatic heterocycles. The van der Waals surface area contributed by atoms with Gasteiger partial charge in [-0.05, 0) is 31.7 Å². The van der Waals surface area contributed by atoms with Gasteiger partial charge in [-0.2, -0.15) is 0 Å². The van der Waals surface area contributed by atoms with E-state index in [1.54, 1.807) is 0 Å². The summed E-state index contributed by atoms with van der Waals surface area (Å²) in [6, 6.07) is 10.8. The summed E-state index contributed by atoms with van der Waals surface area (Å²) in [6.07, 6.45) is 10.7. The van der Waals surface area contributed by atoms with Crippen molar-refractivity contribution in [2.24, 2.45) is 0 Å². The molecule has 0 radical (unpaired) electrons. The van der Waals surface area contributed by atoms with Gasteiger partial charge in [-0.25, -0.2) is 0 Å². The average Bonchev–Trinajstić information content (AvgIpc) is 2.42. The molecule has 1 nitrogen and oxygen atoms in total. The Labute approximate surface area is 113 Å². The molecule has 0 spiro atoms. The first-order valence-corrected chi connectivity index (χ1v) is 7.55. The van der Waals surface area contributed by atoms with E-state index in [2.05, 4.69) is 37.3 Å². The van der Waals surface area contributed by atoms with E-state index in [1.165, 1.54) is 56.9 Å². The molecule has 0 unspecified atom stereocenters. The minimum atomic E-state index is 0.861. The van der Waals surface area contributed by atoms with Crippen molar-refractivity contribution in [3.63, 3.8) is 0 Å². The number of rotatable bonds is 11. The highest BCUT2D eigenvalue weighted by Gasteiger charge is 1.94. The van der Waals surface area contributed by atoms with Crippen LogP contribution in [0.1, 0.15) is 57.4 Å². The van der Waals surface area contributed by atoms with E-state index in [9.17, 15) is 0 Å². The molecule has 0 aliphatic rings. The Kier molecular flexibility index (Phi) is 9.55. The quantitative estimate of drug-likeness (QED) is 0.501. The van der Waals surface area contributed by atoms with Crippen LogP contribution >= 0.6 is 0 Å². The molecule has 0 fully saturated rings. The third-order valence-corrected chi connectivity index (χ3v) is 3.30.